The van der Waals surface area contributed by atoms with Crippen molar-refractivity contribution in [2.75, 3.05) is 13.1 Å². The van der Waals surface area contributed by atoms with Gasteiger partial charge in [0.2, 0.25) is 0 Å². The summed E-state index contributed by atoms with van der Waals surface area (Å²) in [5.74, 6) is 0.333. The number of carbonyl (C=O) groups excluding carboxylic acids is 1. The highest BCUT2D eigenvalue weighted by atomic mass is 79.9. The molecule has 5 nitrogen and oxygen atoms in total. The first-order valence-electron chi connectivity index (χ1n) is 8.46. The van der Waals surface area contributed by atoms with E-state index in [-0.39, 0.29) is 18.3 Å². The summed E-state index contributed by atoms with van der Waals surface area (Å²) in [6.45, 7) is 4.47. The molecule has 136 valence electrons. The quantitative estimate of drug-likeness (QED) is 0.663. The summed E-state index contributed by atoms with van der Waals surface area (Å²) in [5, 5.41) is 13.6. The molecule has 1 atom stereocenters. The summed E-state index contributed by atoms with van der Waals surface area (Å²) in [4.78, 5) is 12.5. The fourth-order valence-electron chi connectivity index (χ4n) is 3.09. The van der Waals surface area contributed by atoms with Gasteiger partial charge in [-0.1, -0.05) is 41.4 Å². The number of carbonyl (C=O) groups is 1. The molecule has 0 saturated carbocycles. The van der Waals surface area contributed by atoms with Gasteiger partial charge in [0.05, 0.1) is 0 Å². The van der Waals surface area contributed by atoms with Crippen LogP contribution in [0.1, 0.15) is 40.7 Å². The fourth-order valence-corrected chi connectivity index (χ4v) is 3.54. The van der Waals surface area contributed by atoms with Crippen LogP contribution in [0.2, 0.25) is 0 Å². The molecule has 1 aromatic heterocycles. The molecule has 3 N–H and O–H groups in total. The molecule has 0 bridgehead atoms. The third-order valence-corrected chi connectivity index (χ3v) is 5.06. The van der Waals surface area contributed by atoms with Crippen LogP contribution in [0.25, 0.3) is 0 Å². The summed E-state index contributed by atoms with van der Waals surface area (Å²) >= 11 is 3.51. The SMILES string of the molecule is CCC(CNC(=O)c1n[nH]c2c1CNCC2)Cc1cccc(Br)c1.Cl. The smallest absolute Gasteiger partial charge is 0.272 e. The molecule has 1 unspecified atom stereocenters. The minimum atomic E-state index is -0.0797. The standard InChI is InChI=1S/C18H23BrN4O.ClH/c1-2-12(8-13-4-3-5-14(19)9-13)10-21-18(24)17-15-11-20-7-6-16(15)22-23-17;/h3-5,9,12,20H,2,6-8,10-11H2,1H3,(H,21,24)(H,22,23);1H. The minimum Gasteiger partial charge on any atom is -0.350 e. The van der Waals surface area contributed by atoms with Gasteiger partial charge in [0.25, 0.3) is 5.91 Å². The number of rotatable bonds is 6. The molecule has 25 heavy (non-hydrogen) atoms. The van der Waals surface area contributed by atoms with Crippen molar-refractivity contribution in [3.8, 4) is 0 Å². The molecule has 0 aliphatic carbocycles. The van der Waals surface area contributed by atoms with E-state index in [0.717, 1.165) is 41.5 Å². The topological polar surface area (TPSA) is 69.8 Å². The average molecular weight is 428 g/mol. The van der Waals surface area contributed by atoms with Crippen molar-refractivity contribution in [1.82, 2.24) is 20.8 Å². The summed E-state index contributed by atoms with van der Waals surface area (Å²) in [5.41, 5.74) is 3.92. The van der Waals surface area contributed by atoms with Crippen molar-refractivity contribution in [1.29, 1.82) is 0 Å². The molecule has 7 heteroatoms. The van der Waals surface area contributed by atoms with Crippen molar-refractivity contribution < 1.29 is 4.79 Å². The zero-order valence-corrected chi connectivity index (χ0v) is 16.7. The van der Waals surface area contributed by atoms with Crippen LogP contribution in [0.4, 0.5) is 0 Å². The number of amides is 1. The van der Waals surface area contributed by atoms with Crippen molar-refractivity contribution >= 4 is 34.2 Å². The predicted octanol–water partition coefficient (Wildman–Crippen LogP) is 3.24. The fraction of sp³-hybridized carbons (Fsp3) is 0.444. The molecule has 0 spiro atoms. The molecule has 2 heterocycles. The van der Waals surface area contributed by atoms with Crippen LogP contribution < -0.4 is 10.6 Å². The molecular weight excluding hydrogens is 404 g/mol. The van der Waals surface area contributed by atoms with Crippen molar-refractivity contribution in [3.05, 3.63) is 51.3 Å². The number of benzene rings is 1. The molecule has 2 aromatic rings. The molecule has 0 radical (unpaired) electrons. The van der Waals surface area contributed by atoms with E-state index in [1.54, 1.807) is 0 Å². The van der Waals surface area contributed by atoms with E-state index in [1.807, 2.05) is 12.1 Å². The number of fused-ring (bicyclic) bond motifs is 1. The van der Waals surface area contributed by atoms with Crippen LogP contribution in [-0.4, -0.2) is 29.2 Å². The van der Waals surface area contributed by atoms with Gasteiger partial charge in [-0.3, -0.25) is 9.89 Å². The monoisotopic (exact) mass is 426 g/mol. The maximum atomic E-state index is 12.5. The summed E-state index contributed by atoms with van der Waals surface area (Å²) in [6, 6.07) is 8.35. The number of aromatic nitrogens is 2. The lowest BCUT2D eigenvalue weighted by molar-refractivity contribution is 0.0940. The highest BCUT2D eigenvalue weighted by Gasteiger charge is 2.21. The lowest BCUT2D eigenvalue weighted by Crippen LogP contribution is -2.32. The molecule has 1 aromatic carbocycles. The molecule has 1 aliphatic rings. The molecule has 1 amide bonds. The van der Waals surface area contributed by atoms with Crippen LogP contribution >= 0.6 is 28.3 Å². The maximum Gasteiger partial charge on any atom is 0.272 e. The molecular formula is C18H24BrClN4O. The van der Waals surface area contributed by atoms with Crippen molar-refractivity contribution in [3.63, 3.8) is 0 Å². The van der Waals surface area contributed by atoms with Gasteiger partial charge in [0.15, 0.2) is 5.69 Å². The first-order chi connectivity index (χ1) is 11.7. The Morgan fingerprint density at radius 1 is 1.44 bits per heavy atom. The highest BCUT2D eigenvalue weighted by molar-refractivity contribution is 9.10. The Kier molecular flexibility index (Phi) is 7.47. The Balaban J connectivity index is 0.00000225. The molecule has 0 fully saturated rings. The second-order valence-electron chi connectivity index (χ2n) is 6.27. The maximum absolute atomic E-state index is 12.5. The minimum absolute atomic E-state index is 0. The van der Waals surface area contributed by atoms with Crippen LogP contribution in [0.3, 0.4) is 0 Å². The number of H-pyrrole nitrogens is 1. The van der Waals surface area contributed by atoms with E-state index >= 15 is 0 Å². The van der Waals surface area contributed by atoms with E-state index in [1.165, 1.54) is 5.56 Å². The average Bonchev–Trinajstić information content (AvgIpc) is 3.02. The van der Waals surface area contributed by atoms with Gasteiger partial charge >= 0.3 is 0 Å². The normalized spacial score (nSPS) is 14.3. The van der Waals surface area contributed by atoms with Gasteiger partial charge in [-0.15, -0.1) is 12.4 Å². The van der Waals surface area contributed by atoms with Gasteiger partial charge in [-0.05, 0) is 30.0 Å². The third-order valence-electron chi connectivity index (χ3n) is 4.56. The largest absolute Gasteiger partial charge is 0.350 e. The van der Waals surface area contributed by atoms with Gasteiger partial charge in [-0.25, -0.2) is 0 Å². The number of hydrogen-bond acceptors (Lipinski definition) is 3. The second-order valence-corrected chi connectivity index (χ2v) is 7.19. The summed E-state index contributed by atoms with van der Waals surface area (Å²) in [6.07, 6.45) is 2.87. The Morgan fingerprint density at radius 2 is 2.28 bits per heavy atom. The Morgan fingerprint density at radius 3 is 3.04 bits per heavy atom. The number of aromatic amines is 1. The van der Waals surface area contributed by atoms with E-state index in [0.29, 0.717) is 24.7 Å². The zero-order valence-electron chi connectivity index (χ0n) is 14.3. The first-order valence-corrected chi connectivity index (χ1v) is 9.26. The number of hydrogen-bond donors (Lipinski definition) is 3. The van der Waals surface area contributed by atoms with Gasteiger partial charge < -0.3 is 10.6 Å². The van der Waals surface area contributed by atoms with Gasteiger partial charge in [0, 0.05) is 41.8 Å². The third kappa shape index (κ3) is 5.06. The summed E-state index contributed by atoms with van der Waals surface area (Å²) < 4.78 is 1.09. The first kappa shape index (κ1) is 19.9. The number of halogens is 2. The summed E-state index contributed by atoms with van der Waals surface area (Å²) in [7, 11) is 0. The van der Waals surface area contributed by atoms with Crippen LogP contribution in [0, 0.1) is 5.92 Å². The van der Waals surface area contributed by atoms with Crippen molar-refractivity contribution in [2.24, 2.45) is 5.92 Å². The molecule has 1 aliphatic heterocycles. The Bertz CT molecular complexity index is 719. The van der Waals surface area contributed by atoms with E-state index < -0.39 is 0 Å². The predicted molar refractivity (Wildman–Crippen MR) is 105 cm³/mol. The molecule has 3 rings (SSSR count). The second kappa shape index (κ2) is 9.36. The van der Waals surface area contributed by atoms with Crippen LogP contribution in [0.15, 0.2) is 28.7 Å². The van der Waals surface area contributed by atoms with Crippen LogP contribution in [-0.2, 0) is 19.4 Å². The highest BCUT2D eigenvalue weighted by Crippen LogP contribution is 2.18. The van der Waals surface area contributed by atoms with Crippen LogP contribution in [0.5, 0.6) is 0 Å². The lowest BCUT2D eigenvalue weighted by Gasteiger charge is -2.17. The van der Waals surface area contributed by atoms with E-state index in [2.05, 4.69) is 55.8 Å². The Labute approximate surface area is 162 Å². The zero-order chi connectivity index (χ0) is 16.9. The van der Waals surface area contributed by atoms with Gasteiger partial charge in [-0.2, -0.15) is 5.10 Å². The lowest BCUT2D eigenvalue weighted by atomic mass is 9.97. The van der Waals surface area contributed by atoms with E-state index in [4.69, 9.17) is 0 Å². The number of nitrogens with one attached hydrogen (secondary N) is 3. The van der Waals surface area contributed by atoms with Gasteiger partial charge in [0.1, 0.15) is 0 Å². The number of nitrogens with zero attached hydrogens (tertiary/aromatic N) is 1. The van der Waals surface area contributed by atoms with E-state index in [9.17, 15) is 4.79 Å². The molecule has 0 saturated heterocycles. The Hall–Kier alpha value is -1.37. The van der Waals surface area contributed by atoms with Crippen molar-refractivity contribution in [2.45, 2.75) is 32.7 Å².